The van der Waals surface area contributed by atoms with Crippen LogP contribution in [-0.2, 0) is 36.1 Å². The number of nitrogens with zero attached hydrogens (tertiary/aromatic N) is 2. The van der Waals surface area contributed by atoms with Gasteiger partial charge in [0.05, 0.1) is 20.3 Å². The molecular weight excluding hydrogens is 407 g/mol. The van der Waals surface area contributed by atoms with Crippen molar-refractivity contribution >= 4 is 19.6 Å². The Morgan fingerprint density at radius 1 is 1.17 bits per heavy atom. The zero-order chi connectivity index (χ0) is 22.3. The van der Waals surface area contributed by atoms with Gasteiger partial charge >= 0.3 is 19.6 Å². The number of benzene rings is 1. The molecule has 1 unspecified atom stereocenters. The third-order valence-electron chi connectivity index (χ3n) is 4.82. The third kappa shape index (κ3) is 6.06. The summed E-state index contributed by atoms with van der Waals surface area (Å²) in [7, 11) is -2.18. The minimum atomic E-state index is -3.49. The largest absolute Gasteiger partial charge is 0.467 e. The highest BCUT2D eigenvalue weighted by molar-refractivity contribution is 7.53. The molecule has 0 aromatic heterocycles. The summed E-state index contributed by atoms with van der Waals surface area (Å²) >= 11 is 0. The molecule has 168 valence electrons. The molecule has 1 heterocycles. The van der Waals surface area contributed by atoms with E-state index in [2.05, 4.69) is 0 Å². The first-order valence-corrected chi connectivity index (χ1v) is 12.1. The Balaban J connectivity index is 2.36. The Bertz CT molecular complexity index is 775. The van der Waals surface area contributed by atoms with Crippen LogP contribution in [0.1, 0.15) is 38.8 Å². The topological polar surface area (TPSA) is 85.4 Å². The van der Waals surface area contributed by atoms with Crippen LogP contribution >= 0.6 is 7.60 Å². The predicted molar refractivity (Wildman–Crippen MR) is 114 cm³/mol. The Kier molecular flexibility index (Phi) is 8.89. The van der Waals surface area contributed by atoms with Crippen molar-refractivity contribution in [1.82, 2.24) is 9.80 Å². The molecular formula is C21H33N2O6P. The Morgan fingerprint density at radius 2 is 1.77 bits per heavy atom. The van der Waals surface area contributed by atoms with Crippen LogP contribution < -0.4 is 0 Å². The van der Waals surface area contributed by atoms with Crippen LogP contribution in [0.2, 0.25) is 0 Å². The number of fused-ring (bicyclic) bond motifs is 1. The van der Waals surface area contributed by atoms with Crippen LogP contribution in [0.15, 0.2) is 24.3 Å². The highest BCUT2D eigenvalue weighted by atomic mass is 31.2. The van der Waals surface area contributed by atoms with E-state index in [9.17, 15) is 14.2 Å². The lowest BCUT2D eigenvalue weighted by molar-refractivity contribution is -0.146. The van der Waals surface area contributed by atoms with Crippen LogP contribution in [0.25, 0.3) is 0 Å². The summed E-state index contributed by atoms with van der Waals surface area (Å²) in [5.41, 5.74) is 2.00. The van der Waals surface area contributed by atoms with E-state index in [1.165, 1.54) is 16.9 Å². The van der Waals surface area contributed by atoms with Gasteiger partial charge in [-0.15, -0.1) is 0 Å². The van der Waals surface area contributed by atoms with Crippen LogP contribution in [0.5, 0.6) is 0 Å². The van der Waals surface area contributed by atoms with Gasteiger partial charge in [0.25, 0.3) is 0 Å². The van der Waals surface area contributed by atoms with Gasteiger partial charge in [-0.2, -0.15) is 0 Å². The number of esters is 1. The van der Waals surface area contributed by atoms with Crippen LogP contribution in [-0.4, -0.2) is 61.0 Å². The summed E-state index contributed by atoms with van der Waals surface area (Å²) < 4.78 is 28.9. The molecule has 0 radical (unpaired) electrons. The molecule has 0 N–H and O–H groups in total. The van der Waals surface area contributed by atoms with E-state index in [-0.39, 0.29) is 38.0 Å². The normalized spacial score (nSPS) is 16.3. The van der Waals surface area contributed by atoms with Gasteiger partial charge in [-0.3, -0.25) is 4.57 Å². The van der Waals surface area contributed by atoms with Gasteiger partial charge in [0, 0.05) is 19.5 Å². The van der Waals surface area contributed by atoms with Crippen molar-refractivity contribution in [3.05, 3.63) is 35.4 Å². The van der Waals surface area contributed by atoms with Gasteiger partial charge in [0.1, 0.15) is 12.3 Å². The fraction of sp³-hybridized carbons (Fsp3) is 0.619. The van der Waals surface area contributed by atoms with E-state index in [0.29, 0.717) is 13.0 Å². The van der Waals surface area contributed by atoms with Gasteiger partial charge in [-0.1, -0.05) is 38.1 Å². The second-order valence-corrected chi connectivity index (χ2v) is 9.65. The first-order chi connectivity index (χ1) is 14.2. The van der Waals surface area contributed by atoms with Crippen LogP contribution in [0.4, 0.5) is 4.79 Å². The summed E-state index contributed by atoms with van der Waals surface area (Å²) in [4.78, 5) is 29.0. The van der Waals surface area contributed by atoms with E-state index in [4.69, 9.17) is 13.8 Å². The molecule has 9 heteroatoms. The highest BCUT2D eigenvalue weighted by Crippen LogP contribution is 2.48. The molecule has 1 aliphatic heterocycles. The fourth-order valence-corrected chi connectivity index (χ4v) is 5.29. The van der Waals surface area contributed by atoms with Crippen molar-refractivity contribution in [1.29, 1.82) is 0 Å². The lowest BCUT2D eigenvalue weighted by Crippen LogP contribution is -2.54. The number of ether oxygens (including phenoxy) is 1. The number of hydrogen-bond acceptors (Lipinski definition) is 6. The number of urea groups is 1. The molecule has 0 spiro atoms. The fourth-order valence-electron chi connectivity index (χ4n) is 3.61. The molecule has 0 aliphatic carbocycles. The quantitative estimate of drug-likeness (QED) is 0.428. The van der Waals surface area contributed by atoms with Gasteiger partial charge in [-0.25, -0.2) is 9.59 Å². The maximum absolute atomic E-state index is 13.6. The van der Waals surface area contributed by atoms with Gasteiger partial charge in [-0.05, 0) is 30.9 Å². The molecule has 0 bridgehead atoms. The van der Waals surface area contributed by atoms with Crippen molar-refractivity contribution in [2.45, 2.75) is 46.7 Å². The van der Waals surface area contributed by atoms with Crippen molar-refractivity contribution in [3.8, 4) is 0 Å². The molecule has 2 amide bonds. The molecule has 2 rings (SSSR count). The first kappa shape index (κ1) is 24.4. The standard InChI is InChI=1S/C21H33N2O6P/c1-6-28-30(26,29-7-2)15-22(13-16(3)4)21(25)23-14-18-11-9-8-10-17(18)12-19(23)20(24)27-5/h8-11,16,19H,6-7,12-15H2,1-5H3. The summed E-state index contributed by atoms with van der Waals surface area (Å²) in [6.45, 7) is 8.45. The lowest BCUT2D eigenvalue weighted by atomic mass is 9.94. The van der Waals surface area contributed by atoms with E-state index < -0.39 is 19.6 Å². The number of hydrogen-bond donors (Lipinski definition) is 0. The highest BCUT2D eigenvalue weighted by Gasteiger charge is 2.39. The average molecular weight is 440 g/mol. The van der Waals surface area contributed by atoms with Crippen LogP contribution in [0.3, 0.4) is 0 Å². The third-order valence-corrected chi connectivity index (χ3v) is 6.81. The molecule has 8 nitrogen and oxygen atoms in total. The number of amides is 2. The molecule has 0 saturated carbocycles. The molecule has 0 fully saturated rings. The second-order valence-electron chi connectivity index (χ2n) is 7.63. The Labute approximate surface area is 179 Å². The first-order valence-electron chi connectivity index (χ1n) is 10.3. The maximum atomic E-state index is 13.6. The average Bonchev–Trinajstić information content (AvgIpc) is 2.71. The van der Waals surface area contributed by atoms with E-state index >= 15 is 0 Å². The summed E-state index contributed by atoms with van der Waals surface area (Å²) in [6.07, 6.45) is 0.205. The number of carbonyl (C=O) groups excluding carboxylic acids is 2. The number of rotatable bonds is 9. The van der Waals surface area contributed by atoms with Gasteiger partial charge < -0.3 is 23.6 Å². The zero-order valence-electron chi connectivity index (χ0n) is 18.5. The zero-order valence-corrected chi connectivity index (χ0v) is 19.4. The SMILES string of the molecule is CCOP(=O)(CN(CC(C)C)C(=O)N1Cc2ccccc2CC1C(=O)OC)OCC. The smallest absolute Gasteiger partial charge is 0.349 e. The Hall–Kier alpha value is -1.89. The molecule has 0 saturated heterocycles. The van der Waals surface area contributed by atoms with E-state index in [0.717, 1.165) is 11.1 Å². The minimum Gasteiger partial charge on any atom is -0.467 e. The van der Waals surface area contributed by atoms with Crippen molar-refractivity contribution in [2.75, 3.05) is 33.2 Å². The van der Waals surface area contributed by atoms with Crippen molar-refractivity contribution in [3.63, 3.8) is 0 Å². The molecule has 1 aromatic rings. The molecule has 1 atom stereocenters. The summed E-state index contributed by atoms with van der Waals surface area (Å²) in [5.74, 6) is -0.348. The summed E-state index contributed by atoms with van der Waals surface area (Å²) in [6, 6.07) is 6.60. The summed E-state index contributed by atoms with van der Waals surface area (Å²) in [5, 5.41) is 0. The van der Waals surface area contributed by atoms with E-state index in [1.807, 2.05) is 38.1 Å². The van der Waals surface area contributed by atoms with Crippen molar-refractivity contribution in [2.24, 2.45) is 5.92 Å². The van der Waals surface area contributed by atoms with Gasteiger partial charge in [0.2, 0.25) is 0 Å². The second kappa shape index (κ2) is 10.9. The monoisotopic (exact) mass is 440 g/mol. The number of carbonyl (C=O) groups is 2. The predicted octanol–water partition coefficient (Wildman–Crippen LogP) is 3.89. The van der Waals surface area contributed by atoms with E-state index in [1.54, 1.807) is 13.8 Å². The molecule has 1 aromatic carbocycles. The van der Waals surface area contributed by atoms with Crippen molar-refractivity contribution < 1.29 is 27.9 Å². The minimum absolute atomic E-state index is 0.124. The van der Waals surface area contributed by atoms with Gasteiger partial charge in [0.15, 0.2) is 0 Å². The van der Waals surface area contributed by atoms with Crippen LogP contribution in [0, 0.1) is 5.92 Å². The molecule has 30 heavy (non-hydrogen) atoms. The number of methoxy groups -OCH3 is 1. The lowest BCUT2D eigenvalue weighted by Gasteiger charge is -2.39. The maximum Gasteiger partial charge on any atom is 0.349 e. The molecule has 1 aliphatic rings. The Morgan fingerprint density at radius 3 is 2.30 bits per heavy atom.